The SMILES string of the molecule is CCOc1ccc(CC(=O)OC(C(N)=O)c2ccccc2)cc1. The van der Waals surface area contributed by atoms with E-state index in [0.717, 1.165) is 11.3 Å². The van der Waals surface area contributed by atoms with Crippen molar-refractivity contribution in [2.45, 2.75) is 19.4 Å². The van der Waals surface area contributed by atoms with Crippen LogP contribution in [0.1, 0.15) is 24.2 Å². The van der Waals surface area contributed by atoms with Gasteiger partial charge >= 0.3 is 5.97 Å². The average molecular weight is 313 g/mol. The largest absolute Gasteiger partial charge is 0.494 e. The molecule has 1 atom stereocenters. The van der Waals surface area contributed by atoms with Gasteiger partial charge in [-0.2, -0.15) is 0 Å². The monoisotopic (exact) mass is 313 g/mol. The van der Waals surface area contributed by atoms with E-state index in [0.29, 0.717) is 12.2 Å². The van der Waals surface area contributed by atoms with Gasteiger partial charge in [-0.1, -0.05) is 42.5 Å². The molecule has 0 aliphatic heterocycles. The number of hydrogen-bond donors (Lipinski definition) is 1. The molecule has 0 fully saturated rings. The lowest BCUT2D eigenvalue weighted by atomic mass is 10.1. The van der Waals surface area contributed by atoms with E-state index in [1.54, 1.807) is 48.5 Å². The molecule has 0 heterocycles. The van der Waals surface area contributed by atoms with Crippen molar-refractivity contribution in [1.29, 1.82) is 0 Å². The smallest absolute Gasteiger partial charge is 0.311 e. The van der Waals surface area contributed by atoms with Crippen molar-refractivity contribution < 1.29 is 19.1 Å². The molecule has 0 saturated carbocycles. The zero-order valence-corrected chi connectivity index (χ0v) is 12.9. The molecule has 120 valence electrons. The second-order valence-electron chi connectivity index (χ2n) is 4.94. The molecule has 0 bridgehead atoms. The van der Waals surface area contributed by atoms with Crippen molar-refractivity contribution in [3.63, 3.8) is 0 Å². The number of carbonyl (C=O) groups excluding carboxylic acids is 2. The zero-order valence-electron chi connectivity index (χ0n) is 12.9. The van der Waals surface area contributed by atoms with Gasteiger partial charge in [-0.15, -0.1) is 0 Å². The van der Waals surface area contributed by atoms with Gasteiger partial charge in [0, 0.05) is 5.56 Å². The van der Waals surface area contributed by atoms with Gasteiger partial charge in [0.15, 0.2) is 0 Å². The third kappa shape index (κ3) is 4.85. The molecule has 1 amide bonds. The van der Waals surface area contributed by atoms with Gasteiger partial charge in [0.2, 0.25) is 6.10 Å². The van der Waals surface area contributed by atoms with Crippen LogP contribution >= 0.6 is 0 Å². The van der Waals surface area contributed by atoms with Crippen molar-refractivity contribution >= 4 is 11.9 Å². The Balaban J connectivity index is 2.00. The molecule has 0 aliphatic carbocycles. The summed E-state index contributed by atoms with van der Waals surface area (Å²) in [6.45, 7) is 2.48. The molecule has 23 heavy (non-hydrogen) atoms. The molecule has 2 aromatic carbocycles. The summed E-state index contributed by atoms with van der Waals surface area (Å²) in [5.74, 6) is -0.470. The minimum absolute atomic E-state index is 0.0586. The van der Waals surface area contributed by atoms with Crippen LogP contribution in [0.2, 0.25) is 0 Å². The summed E-state index contributed by atoms with van der Waals surface area (Å²) in [7, 11) is 0. The van der Waals surface area contributed by atoms with Crippen molar-refractivity contribution in [3.05, 3.63) is 65.7 Å². The summed E-state index contributed by atoms with van der Waals surface area (Å²) in [5, 5.41) is 0. The lowest BCUT2D eigenvalue weighted by Crippen LogP contribution is -2.26. The van der Waals surface area contributed by atoms with Crippen LogP contribution in [-0.4, -0.2) is 18.5 Å². The Kier molecular flexibility index (Phi) is 5.74. The van der Waals surface area contributed by atoms with Crippen LogP contribution in [0.15, 0.2) is 54.6 Å². The van der Waals surface area contributed by atoms with Crippen LogP contribution in [0.4, 0.5) is 0 Å². The first-order chi connectivity index (χ1) is 11.1. The average Bonchev–Trinajstić information content (AvgIpc) is 2.55. The number of carbonyl (C=O) groups is 2. The van der Waals surface area contributed by atoms with Gasteiger partial charge in [-0.25, -0.2) is 0 Å². The summed E-state index contributed by atoms with van der Waals surface area (Å²) in [4.78, 5) is 23.6. The lowest BCUT2D eigenvalue weighted by Gasteiger charge is -2.15. The van der Waals surface area contributed by atoms with Crippen LogP contribution < -0.4 is 10.5 Å². The zero-order chi connectivity index (χ0) is 16.7. The van der Waals surface area contributed by atoms with E-state index >= 15 is 0 Å². The highest BCUT2D eigenvalue weighted by Gasteiger charge is 2.22. The van der Waals surface area contributed by atoms with E-state index in [2.05, 4.69) is 0 Å². The van der Waals surface area contributed by atoms with Gasteiger partial charge in [-0.05, 0) is 24.6 Å². The Morgan fingerprint density at radius 2 is 1.70 bits per heavy atom. The Hall–Kier alpha value is -2.82. The minimum Gasteiger partial charge on any atom is -0.494 e. The molecule has 5 nitrogen and oxygen atoms in total. The van der Waals surface area contributed by atoms with Crippen LogP contribution in [0.25, 0.3) is 0 Å². The van der Waals surface area contributed by atoms with Crippen LogP contribution in [-0.2, 0) is 20.7 Å². The third-order valence-corrected chi connectivity index (χ3v) is 3.19. The fourth-order valence-electron chi connectivity index (χ4n) is 2.13. The summed E-state index contributed by atoms with van der Waals surface area (Å²) in [6, 6.07) is 15.9. The van der Waals surface area contributed by atoms with Gasteiger partial charge in [-0.3, -0.25) is 9.59 Å². The Labute approximate surface area is 135 Å². The number of esters is 1. The third-order valence-electron chi connectivity index (χ3n) is 3.19. The fourth-order valence-corrected chi connectivity index (χ4v) is 2.13. The fraction of sp³-hybridized carbons (Fsp3) is 0.222. The minimum atomic E-state index is -1.08. The molecular formula is C18H19NO4. The topological polar surface area (TPSA) is 78.6 Å². The molecule has 0 radical (unpaired) electrons. The van der Waals surface area contributed by atoms with Gasteiger partial charge in [0.1, 0.15) is 5.75 Å². The number of amides is 1. The number of primary amides is 1. The second kappa shape index (κ2) is 7.98. The maximum Gasteiger partial charge on any atom is 0.311 e. The molecular weight excluding hydrogens is 294 g/mol. The Bertz CT molecular complexity index is 652. The van der Waals surface area contributed by atoms with E-state index in [1.807, 2.05) is 13.0 Å². The molecule has 0 aliphatic rings. The maximum atomic E-state index is 12.1. The maximum absolute atomic E-state index is 12.1. The van der Waals surface area contributed by atoms with Crippen LogP contribution in [0, 0.1) is 0 Å². The van der Waals surface area contributed by atoms with Crippen molar-refractivity contribution in [1.82, 2.24) is 0 Å². The van der Waals surface area contributed by atoms with Gasteiger partial charge in [0.05, 0.1) is 13.0 Å². The molecule has 0 aromatic heterocycles. The Morgan fingerprint density at radius 1 is 1.04 bits per heavy atom. The number of hydrogen-bond acceptors (Lipinski definition) is 4. The highest BCUT2D eigenvalue weighted by Crippen LogP contribution is 2.18. The lowest BCUT2D eigenvalue weighted by molar-refractivity contribution is -0.154. The predicted octanol–water partition coefficient (Wildman–Crippen LogP) is 2.40. The van der Waals surface area contributed by atoms with E-state index in [1.165, 1.54) is 0 Å². The standard InChI is InChI=1S/C18H19NO4/c1-2-22-15-10-8-13(9-11-15)12-16(20)23-17(18(19)21)14-6-4-3-5-7-14/h3-11,17H,2,12H2,1H3,(H2,19,21). The van der Waals surface area contributed by atoms with Crippen molar-refractivity contribution in [2.75, 3.05) is 6.61 Å². The van der Waals surface area contributed by atoms with E-state index in [-0.39, 0.29) is 6.42 Å². The Morgan fingerprint density at radius 3 is 2.26 bits per heavy atom. The quantitative estimate of drug-likeness (QED) is 0.796. The number of ether oxygens (including phenoxy) is 2. The molecule has 0 spiro atoms. The van der Waals surface area contributed by atoms with E-state index in [4.69, 9.17) is 15.2 Å². The predicted molar refractivity (Wildman–Crippen MR) is 85.8 cm³/mol. The summed E-state index contributed by atoms with van der Waals surface area (Å²) in [6.07, 6.45) is -1.02. The molecule has 2 aromatic rings. The second-order valence-corrected chi connectivity index (χ2v) is 4.94. The summed E-state index contributed by atoms with van der Waals surface area (Å²) >= 11 is 0. The summed E-state index contributed by atoms with van der Waals surface area (Å²) in [5.41, 5.74) is 6.66. The first kappa shape index (κ1) is 16.5. The highest BCUT2D eigenvalue weighted by molar-refractivity contribution is 5.84. The van der Waals surface area contributed by atoms with Crippen molar-refractivity contribution in [3.8, 4) is 5.75 Å². The van der Waals surface area contributed by atoms with Gasteiger partial charge in [0.25, 0.3) is 5.91 Å². The van der Waals surface area contributed by atoms with E-state index < -0.39 is 18.0 Å². The highest BCUT2D eigenvalue weighted by atomic mass is 16.5. The normalized spacial score (nSPS) is 11.5. The van der Waals surface area contributed by atoms with E-state index in [9.17, 15) is 9.59 Å². The van der Waals surface area contributed by atoms with Crippen molar-refractivity contribution in [2.24, 2.45) is 5.73 Å². The van der Waals surface area contributed by atoms with Gasteiger partial charge < -0.3 is 15.2 Å². The number of nitrogens with two attached hydrogens (primary N) is 1. The number of rotatable bonds is 7. The summed E-state index contributed by atoms with van der Waals surface area (Å²) < 4.78 is 10.6. The molecule has 2 rings (SSSR count). The molecule has 5 heteroatoms. The van der Waals surface area contributed by atoms with Crippen LogP contribution in [0.3, 0.4) is 0 Å². The molecule has 0 saturated heterocycles. The molecule has 2 N–H and O–H groups in total. The first-order valence-electron chi connectivity index (χ1n) is 7.35. The first-order valence-corrected chi connectivity index (χ1v) is 7.35. The van der Waals surface area contributed by atoms with Crippen LogP contribution in [0.5, 0.6) is 5.75 Å². The number of benzene rings is 2. The molecule has 1 unspecified atom stereocenters.